The van der Waals surface area contributed by atoms with Gasteiger partial charge in [0, 0.05) is 19.5 Å². The molecule has 0 fully saturated rings. The van der Waals surface area contributed by atoms with E-state index in [9.17, 15) is 8.42 Å². The van der Waals surface area contributed by atoms with E-state index in [2.05, 4.69) is 4.98 Å². The Morgan fingerprint density at radius 2 is 2.05 bits per heavy atom. The first kappa shape index (κ1) is 16.2. The minimum atomic E-state index is -3.67. The standard InChI is InChI=1S/C13H15ClN2O3S2/c1-10-9-12(20-13(10)14)21(17,18)16(7-8-19-2)11-3-5-15-6-4-11/h3-6,9H,7-8H2,1-2H3. The third-order valence-corrected chi connectivity index (χ3v) is 6.66. The monoisotopic (exact) mass is 346 g/mol. The molecule has 0 aliphatic carbocycles. The number of halogens is 1. The van der Waals surface area contributed by atoms with Gasteiger partial charge in [0.1, 0.15) is 4.21 Å². The number of rotatable bonds is 6. The molecule has 2 rings (SSSR count). The zero-order valence-electron chi connectivity index (χ0n) is 11.6. The van der Waals surface area contributed by atoms with E-state index in [0.717, 1.165) is 16.9 Å². The van der Waals surface area contributed by atoms with Gasteiger partial charge in [0.05, 0.1) is 23.2 Å². The molecule has 0 aliphatic heterocycles. The molecule has 0 aliphatic rings. The summed E-state index contributed by atoms with van der Waals surface area (Å²) in [5.74, 6) is 0. The van der Waals surface area contributed by atoms with Gasteiger partial charge >= 0.3 is 0 Å². The molecular formula is C13H15ClN2O3S2. The van der Waals surface area contributed by atoms with Crippen molar-refractivity contribution in [3.63, 3.8) is 0 Å². The van der Waals surface area contributed by atoms with E-state index in [1.165, 1.54) is 11.4 Å². The number of nitrogens with zero attached hydrogens (tertiary/aromatic N) is 2. The van der Waals surface area contributed by atoms with Gasteiger partial charge in [-0.3, -0.25) is 9.29 Å². The summed E-state index contributed by atoms with van der Waals surface area (Å²) in [4.78, 5) is 3.91. The Hall–Kier alpha value is -1.15. The Labute approximate surface area is 133 Å². The van der Waals surface area contributed by atoms with E-state index in [4.69, 9.17) is 16.3 Å². The second kappa shape index (κ2) is 6.74. The Kier molecular flexibility index (Phi) is 5.21. The van der Waals surface area contributed by atoms with E-state index in [0.29, 0.717) is 16.6 Å². The van der Waals surface area contributed by atoms with Crippen LogP contribution in [-0.4, -0.2) is 33.7 Å². The highest BCUT2D eigenvalue weighted by Crippen LogP contribution is 2.33. The van der Waals surface area contributed by atoms with Gasteiger partial charge < -0.3 is 4.74 Å². The van der Waals surface area contributed by atoms with Gasteiger partial charge in [-0.25, -0.2) is 8.42 Å². The lowest BCUT2D eigenvalue weighted by atomic mass is 10.4. The van der Waals surface area contributed by atoms with Crippen LogP contribution in [0.25, 0.3) is 0 Å². The molecule has 0 atom stereocenters. The van der Waals surface area contributed by atoms with E-state index in [-0.39, 0.29) is 10.8 Å². The van der Waals surface area contributed by atoms with Crippen molar-refractivity contribution in [1.29, 1.82) is 0 Å². The van der Waals surface area contributed by atoms with Crippen molar-refractivity contribution in [2.45, 2.75) is 11.1 Å². The summed E-state index contributed by atoms with van der Waals surface area (Å²) in [5.41, 5.74) is 1.30. The zero-order valence-corrected chi connectivity index (χ0v) is 14.0. The summed E-state index contributed by atoms with van der Waals surface area (Å²) in [5, 5.41) is 0. The predicted octanol–water partition coefficient (Wildman–Crippen LogP) is 2.95. The Morgan fingerprint density at radius 1 is 1.38 bits per heavy atom. The fourth-order valence-electron chi connectivity index (χ4n) is 1.74. The molecule has 0 saturated heterocycles. The summed E-state index contributed by atoms with van der Waals surface area (Å²) in [7, 11) is -2.14. The average Bonchev–Trinajstić information content (AvgIpc) is 2.81. The third kappa shape index (κ3) is 3.55. The largest absolute Gasteiger partial charge is 0.383 e. The minimum Gasteiger partial charge on any atom is -0.383 e. The molecule has 0 saturated carbocycles. The maximum Gasteiger partial charge on any atom is 0.273 e. The number of hydrogen-bond acceptors (Lipinski definition) is 5. The smallest absolute Gasteiger partial charge is 0.273 e. The van der Waals surface area contributed by atoms with E-state index in [1.54, 1.807) is 37.5 Å². The van der Waals surface area contributed by atoms with E-state index < -0.39 is 10.0 Å². The van der Waals surface area contributed by atoms with Crippen molar-refractivity contribution < 1.29 is 13.2 Å². The zero-order chi connectivity index (χ0) is 15.5. The van der Waals surface area contributed by atoms with Gasteiger partial charge in [0.2, 0.25) is 0 Å². The van der Waals surface area contributed by atoms with Crippen LogP contribution in [0.1, 0.15) is 5.56 Å². The lowest BCUT2D eigenvalue weighted by Gasteiger charge is -2.23. The SMILES string of the molecule is COCCN(c1ccncc1)S(=O)(=O)c1cc(C)c(Cl)s1. The normalized spacial score (nSPS) is 11.6. The van der Waals surface area contributed by atoms with E-state index >= 15 is 0 Å². The lowest BCUT2D eigenvalue weighted by molar-refractivity contribution is 0.208. The third-order valence-electron chi connectivity index (χ3n) is 2.83. The average molecular weight is 347 g/mol. The first-order valence-corrected chi connectivity index (χ1v) is 8.78. The Balaban J connectivity index is 2.44. The Bertz CT molecular complexity index is 682. The molecule has 0 amide bonds. The molecule has 8 heteroatoms. The second-order valence-electron chi connectivity index (χ2n) is 4.30. The van der Waals surface area contributed by atoms with Gasteiger partial charge in [-0.2, -0.15) is 0 Å². The van der Waals surface area contributed by atoms with Crippen LogP contribution < -0.4 is 4.31 Å². The molecular weight excluding hydrogens is 332 g/mol. The first-order valence-electron chi connectivity index (χ1n) is 6.14. The fraction of sp³-hybridized carbons (Fsp3) is 0.308. The van der Waals surface area contributed by atoms with Crippen molar-refractivity contribution in [3.8, 4) is 0 Å². The van der Waals surface area contributed by atoms with Crippen molar-refractivity contribution in [1.82, 2.24) is 4.98 Å². The van der Waals surface area contributed by atoms with Gasteiger partial charge in [-0.15, -0.1) is 11.3 Å². The highest BCUT2D eigenvalue weighted by atomic mass is 35.5. The summed E-state index contributed by atoms with van der Waals surface area (Å²) in [6.07, 6.45) is 3.11. The van der Waals surface area contributed by atoms with Crippen LogP contribution >= 0.6 is 22.9 Å². The van der Waals surface area contributed by atoms with Crippen LogP contribution in [0, 0.1) is 6.92 Å². The van der Waals surface area contributed by atoms with Gasteiger partial charge in [0.15, 0.2) is 0 Å². The predicted molar refractivity (Wildman–Crippen MR) is 84.7 cm³/mol. The van der Waals surface area contributed by atoms with Crippen LogP contribution in [0.4, 0.5) is 5.69 Å². The number of ether oxygens (including phenoxy) is 1. The van der Waals surface area contributed by atoms with Crippen LogP contribution in [0.2, 0.25) is 4.34 Å². The molecule has 5 nitrogen and oxygen atoms in total. The minimum absolute atomic E-state index is 0.220. The maximum atomic E-state index is 12.8. The number of thiophene rings is 1. The maximum absolute atomic E-state index is 12.8. The number of anilines is 1. The molecule has 2 aromatic heterocycles. The van der Waals surface area contributed by atoms with Crippen molar-refractivity contribution in [3.05, 3.63) is 40.5 Å². The molecule has 114 valence electrons. The van der Waals surface area contributed by atoms with Crippen LogP contribution in [0.5, 0.6) is 0 Å². The fourth-order valence-corrected chi connectivity index (χ4v) is 5.01. The molecule has 21 heavy (non-hydrogen) atoms. The number of methoxy groups -OCH3 is 1. The molecule has 0 radical (unpaired) electrons. The summed E-state index contributed by atoms with van der Waals surface area (Å²) in [6, 6.07) is 4.88. The van der Waals surface area contributed by atoms with Crippen LogP contribution in [-0.2, 0) is 14.8 Å². The summed E-state index contributed by atoms with van der Waals surface area (Å²) in [6.45, 7) is 2.29. The highest BCUT2D eigenvalue weighted by molar-refractivity contribution is 7.94. The topological polar surface area (TPSA) is 59.5 Å². The molecule has 0 unspecified atom stereocenters. The second-order valence-corrected chi connectivity index (χ2v) is 8.04. The van der Waals surface area contributed by atoms with Crippen molar-refractivity contribution >= 4 is 38.6 Å². The number of sulfonamides is 1. The molecule has 2 heterocycles. The van der Waals surface area contributed by atoms with Crippen molar-refractivity contribution in [2.24, 2.45) is 0 Å². The number of aromatic nitrogens is 1. The van der Waals surface area contributed by atoms with Crippen LogP contribution in [0.3, 0.4) is 0 Å². The molecule has 0 spiro atoms. The van der Waals surface area contributed by atoms with Gasteiger partial charge in [0.25, 0.3) is 10.0 Å². The highest BCUT2D eigenvalue weighted by Gasteiger charge is 2.27. The summed E-state index contributed by atoms with van der Waals surface area (Å²) >= 11 is 7.05. The molecule has 0 bridgehead atoms. The molecule has 2 aromatic rings. The molecule has 0 aromatic carbocycles. The van der Waals surface area contributed by atoms with Gasteiger partial charge in [-0.05, 0) is 30.7 Å². The first-order chi connectivity index (χ1) is 9.96. The molecule has 0 N–H and O–H groups in total. The number of hydrogen-bond donors (Lipinski definition) is 0. The Morgan fingerprint density at radius 3 is 2.57 bits per heavy atom. The lowest BCUT2D eigenvalue weighted by Crippen LogP contribution is -2.33. The number of aryl methyl sites for hydroxylation is 1. The van der Waals surface area contributed by atoms with Crippen LogP contribution in [0.15, 0.2) is 34.8 Å². The van der Waals surface area contributed by atoms with Crippen molar-refractivity contribution in [2.75, 3.05) is 24.6 Å². The summed E-state index contributed by atoms with van der Waals surface area (Å²) < 4.78 is 32.6. The van der Waals surface area contributed by atoms with E-state index in [1.807, 2.05) is 0 Å². The van der Waals surface area contributed by atoms with Gasteiger partial charge in [-0.1, -0.05) is 11.6 Å². The quantitative estimate of drug-likeness (QED) is 0.806. The number of pyridine rings is 1.